The Morgan fingerprint density at radius 3 is 2.81 bits per heavy atom. The van der Waals surface area contributed by atoms with Gasteiger partial charge in [-0.05, 0) is 24.6 Å². The molecule has 0 aliphatic carbocycles. The Morgan fingerprint density at radius 1 is 1.33 bits per heavy atom. The molecule has 1 aliphatic heterocycles. The maximum absolute atomic E-state index is 11.7. The lowest BCUT2D eigenvalue weighted by molar-refractivity contribution is -0.136. The number of hydrogen-bond acceptors (Lipinski definition) is 5. The highest BCUT2D eigenvalue weighted by atomic mass is 16.5. The number of aryl methyl sites for hydroxylation is 1. The van der Waals surface area contributed by atoms with Crippen molar-refractivity contribution in [3.63, 3.8) is 0 Å². The van der Waals surface area contributed by atoms with Crippen LogP contribution in [0.15, 0.2) is 18.3 Å². The lowest BCUT2D eigenvalue weighted by Crippen LogP contribution is -2.43. The highest BCUT2D eigenvalue weighted by Crippen LogP contribution is 2.04. The maximum Gasteiger partial charge on any atom is 0.314 e. The topological polar surface area (TPSA) is 83.6 Å². The van der Waals surface area contributed by atoms with Crippen LogP contribution < -0.4 is 10.6 Å². The number of nitrogens with zero attached hydrogens (tertiary/aromatic N) is 2. The minimum absolute atomic E-state index is 0.378. The van der Waals surface area contributed by atoms with Crippen LogP contribution in [0.5, 0.6) is 0 Å². The molecule has 2 heterocycles. The number of rotatable bonds is 4. The van der Waals surface area contributed by atoms with Crippen molar-refractivity contribution >= 4 is 17.6 Å². The number of nitrogens with one attached hydrogen (secondary N) is 2. The van der Waals surface area contributed by atoms with Crippen molar-refractivity contribution in [2.75, 3.05) is 44.7 Å². The van der Waals surface area contributed by atoms with Crippen LogP contribution in [0.3, 0.4) is 0 Å². The number of ether oxygens (including phenoxy) is 1. The smallest absolute Gasteiger partial charge is 0.314 e. The molecule has 1 aromatic heterocycles. The standard InChI is InChI=1S/C14H20N4O3/c1-11-2-3-15-12(10-11)17-14(20)13(19)16-4-5-18-6-8-21-9-7-18/h2-3,10H,4-9H2,1H3,(H,16,19)(H,15,17,20). The van der Waals surface area contributed by atoms with Gasteiger partial charge in [0.2, 0.25) is 0 Å². The van der Waals surface area contributed by atoms with Crippen LogP contribution in [0.4, 0.5) is 5.82 Å². The van der Waals surface area contributed by atoms with Crippen molar-refractivity contribution in [2.24, 2.45) is 0 Å². The van der Waals surface area contributed by atoms with E-state index in [2.05, 4.69) is 20.5 Å². The van der Waals surface area contributed by atoms with Gasteiger partial charge in [-0.2, -0.15) is 0 Å². The number of morpholine rings is 1. The zero-order chi connectivity index (χ0) is 15.1. The van der Waals surface area contributed by atoms with Gasteiger partial charge in [0.25, 0.3) is 0 Å². The molecule has 1 fully saturated rings. The predicted octanol–water partition coefficient (Wildman–Crippen LogP) is -0.223. The lowest BCUT2D eigenvalue weighted by atomic mass is 10.3. The van der Waals surface area contributed by atoms with Crippen LogP contribution in [0.25, 0.3) is 0 Å². The molecule has 0 bridgehead atoms. The molecule has 0 radical (unpaired) electrons. The van der Waals surface area contributed by atoms with E-state index in [1.165, 1.54) is 0 Å². The Hall–Kier alpha value is -1.99. The molecule has 0 unspecified atom stereocenters. The van der Waals surface area contributed by atoms with E-state index in [4.69, 9.17) is 4.74 Å². The molecule has 7 heteroatoms. The zero-order valence-electron chi connectivity index (χ0n) is 12.1. The summed E-state index contributed by atoms with van der Waals surface area (Å²) in [6.45, 7) is 6.18. The second-order valence-corrected chi connectivity index (χ2v) is 4.88. The molecule has 1 aromatic rings. The van der Waals surface area contributed by atoms with E-state index >= 15 is 0 Å². The summed E-state index contributed by atoms with van der Waals surface area (Å²) in [5, 5.41) is 5.08. The summed E-state index contributed by atoms with van der Waals surface area (Å²) < 4.78 is 5.24. The third kappa shape index (κ3) is 5.13. The summed E-state index contributed by atoms with van der Waals surface area (Å²) in [6.07, 6.45) is 1.58. The summed E-state index contributed by atoms with van der Waals surface area (Å²) in [5.41, 5.74) is 0.966. The number of amides is 2. The number of hydrogen-bond donors (Lipinski definition) is 2. The maximum atomic E-state index is 11.7. The number of aromatic nitrogens is 1. The van der Waals surface area contributed by atoms with Crippen molar-refractivity contribution in [1.29, 1.82) is 0 Å². The van der Waals surface area contributed by atoms with E-state index in [1.807, 2.05) is 13.0 Å². The van der Waals surface area contributed by atoms with E-state index in [0.717, 1.165) is 18.7 Å². The first-order chi connectivity index (χ1) is 10.1. The van der Waals surface area contributed by atoms with Gasteiger partial charge in [0.1, 0.15) is 5.82 Å². The molecule has 114 valence electrons. The van der Waals surface area contributed by atoms with Gasteiger partial charge in [-0.1, -0.05) is 0 Å². The molecule has 1 saturated heterocycles. The third-order valence-electron chi connectivity index (χ3n) is 3.18. The second kappa shape index (κ2) is 7.70. The molecule has 2 rings (SSSR count). The minimum atomic E-state index is -0.699. The summed E-state index contributed by atoms with van der Waals surface area (Å²) >= 11 is 0. The van der Waals surface area contributed by atoms with E-state index in [9.17, 15) is 9.59 Å². The van der Waals surface area contributed by atoms with Gasteiger partial charge in [-0.3, -0.25) is 14.5 Å². The minimum Gasteiger partial charge on any atom is -0.379 e. The van der Waals surface area contributed by atoms with Gasteiger partial charge < -0.3 is 15.4 Å². The van der Waals surface area contributed by atoms with Crippen molar-refractivity contribution in [1.82, 2.24) is 15.2 Å². The molecule has 0 saturated carbocycles. The highest BCUT2D eigenvalue weighted by Gasteiger charge is 2.15. The third-order valence-corrected chi connectivity index (χ3v) is 3.18. The Balaban J connectivity index is 1.71. The van der Waals surface area contributed by atoms with E-state index in [0.29, 0.717) is 32.1 Å². The Labute approximate surface area is 123 Å². The summed E-state index contributed by atoms with van der Waals surface area (Å²) in [5.74, 6) is -0.968. The Bertz CT molecular complexity index is 501. The zero-order valence-corrected chi connectivity index (χ0v) is 12.1. The monoisotopic (exact) mass is 292 g/mol. The van der Waals surface area contributed by atoms with Gasteiger partial charge in [-0.25, -0.2) is 4.98 Å². The van der Waals surface area contributed by atoms with Crippen molar-refractivity contribution in [2.45, 2.75) is 6.92 Å². The number of anilines is 1. The van der Waals surface area contributed by atoms with Gasteiger partial charge in [-0.15, -0.1) is 0 Å². The molecule has 1 aliphatic rings. The van der Waals surface area contributed by atoms with Crippen molar-refractivity contribution < 1.29 is 14.3 Å². The Kier molecular flexibility index (Phi) is 5.65. The summed E-state index contributed by atoms with van der Waals surface area (Å²) in [7, 11) is 0. The quantitative estimate of drug-likeness (QED) is 0.750. The van der Waals surface area contributed by atoms with Gasteiger partial charge in [0.05, 0.1) is 13.2 Å². The van der Waals surface area contributed by atoms with E-state index < -0.39 is 11.8 Å². The Morgan fingerprint density at radius 2 is 2.10 bits per heavy atom. The van der Waals surface area contributed by atoms with Crippen molar-refractivity contribution in [3.8, 4) is 0 Å². The number of pyridine rings is 1. The van der Waals surface area contributed by atoms with Crippen LogP contribution in [0.2, 0.25) is 0 Å². The largest absolute Gasteiger partial charge is 0.379 e. The normalized spacial score (nSPS) is 15.5. The van der Waals surface area contributed by atoms with Crippen LogP contribution in [0, 0.1) is 6.92 Å². The van der Waals surface area contributed by atoms with Gasteiger partial charge in [0, 0.05) is 32.4 Å². The van der Waals surface area contributed by atoms with Crippen molar-refractivity contribution in [3.05, 3.63) is 23.9 Å². The number of carbonyl (C=O) groups is 2. The second-order valence-electron chi connectivity index (χ2n) is 4.88. The lowest BCUT2D eigenvalue weighted by Gasteiger charge is -2.26. The molecule has 21 heavy (non-hydrogen) atoms. The first-order valence-electron chi connectivity index (χ1n) is 6.97. The molecular weight excluding hydrogens is 272 g/mol. The first-order valence-corrected chi connectivity index (χ1v) is 6.97. The van der Waals surface area contributed by atoms with Crippen LogP contribution >= 0.6 is 0 Å². The van der Waals surface area contributed by atoms with Gasteiger partial charge in [0.15, 0.2) is 0 Å². The van der Waals surface area contributed by atoms with Crippen LogP contribution in [-0.4, -0.2) is 61.1 Å². The molecule has 2 amide bonds. The molecule has 2 N–H and O–H groups in total. The fourth-order valence-electron chi connectivity index (χ4n) is 2.01. The average Bonchev–Trinajstić information content (AvgIpc) is 2.48. The fraction of sp³-hybridized carbons (Fsp3) is 0.500. The van der Waals surface area contributed by atoms with E-state index in [1.54, 1.807) is 12.3 Å². The molecule has 0 aromatic carbocycles. The molecule has 0 spiro atoms. The van der Waals surface area contributed by atoms with Crippen LogP contribution in [0.1, 0.15) is 5.56 Å². The summed E-state index contributed by atoms with van der Waals surface area (Å²) in [4.78, 5) is 29.6. The van der Waals surface area contributed by atoms with Gasteiger partial charge >= 0.3 is 11.8 Å². The molecular formula is C14H20N4O3. The van der Waals surface area contributed by atoms with E-state index in [-0.39, 0.29) is 0 Å². The summed E-state index contributed by atoms with van der Waals surface area (Å²) in [6, 6.07) is 3.52. The molecule has 0 atom stereocenters. The van der Waals surface area contributed by atoms with Crippen LogP contribution in [-0.2, 0) is 14.3 Å². The SMILES string of the molecule is Cc1ccnc(NC(=O)C(=O)NCCN2CCOCC2)c1. The first kappa shape index (κ1) is 15.4. The average molecular weight is 292 g/mol. The fourth-order valence-corrected chi connectivity index (χ4v) is 2.01. The number of carbonyl (C=O) groups excluding carboxylic acids is 2. The molecule has 7 nitrogen and oxygen atoms in total. The predicted molar refractivity (Wildman–Crippen MR) is 77.9 cm³/mol. The highest BCUT2D eigenvalue weighted by molar-refractivity contribution is 6.39.